The molecular weight excluding hydrogens is 520 g/mol. The number of nitrogens with one attached hydrogen (secondary N) is 1. The second-order valence-corrected chi connectivity index (χ2v) is 9.38. The molecule has 3 aromatic rings. The summed E-state index contributed by atoms with van der Waals surface area (Å²) in [6, 6.07) is 23.9. The number of hydrogen-bond acceptors (Lipinski definition) is 4. The highest BCUT2D eigenvalue weighted by Crippen LogP contribution is 2.20. The Hall–Kier alpha value is -3.32. The summed E-state index contributed by atoms with van der Waals surface area (Å²) in [5.74, 6) is 0.831. The van der Waals surface area contributed by atoms with Gasteiger partial charge in [0.05, 0.1) is 7.11 Å². The summed E-state index contributed by atoms with van der Waals surface area (Å²) in [4.78, 5) is 28.6. The van der Waals surface area contributed by atoms with Gasteiger partial charge in [-0.25, -0.2) is 0 Å². The molecule has 2 amide bonds. The molecule has 0 aromatic heterocycles. The van der Waals surface area contributed by atoms with Gasteiger partial charge in [-0.3, -0.25) is 9.59 Å². The van der Waals surface area contributed by atoms with Gasteiger partial charge in [-0.2, -0.15) is 0 Å². The summed E-state index contributed by atoms with van der Waals surface area (Å²) in [6.07, 6.45) is 2.24. The molecule has 0 aliphatic carbocycles. The third-order valence-electron chi connectivity index (χ3n) is 5.76. The highest BCUT2D eigenvalue weighted by molar-refractivity contribution is 9.10. The topological polar surface area (TPSA) is 67.9 Å². The van der Waals surface area contributed by atoms with Gasteiger partial charge in [0.1, 0.15) is 17.5 Å². The van der Waals surface area contributed by atoms with Crippen molar-refractivity contribution in [3.05, 3.63) is 94.5 Å². The molecule has 0 radical (unpaired) electrons. The Morgan fingerprint density at radius 3 is 2.36 bits per heavy atom. The van der Waals surface area contributed by atoms with Gasteiger partial charge >= 0.3 is 0 Å². The Morgan fingerprint density at radius 1 is 0.944 bits per heavy atom. The summed E-state index contributed by atoms with van der Waals surface area (Å²) in [5.41, 5.74) is 1.84. The number of amides is 2. The summed E-state index contributed by atoms with van der Waals surface area (Å²) in [7, 11) is 1.60. The Labute approximate surface area is 221 Å². The normalized spacial score (nSPS) is 11.4. The molecule has 1 N–H and O–H groups in total. The average Bonchev–Trinajstić information content (AvgIpc) is 2.91. The molecule has 0 unspecified atom stereocenters. The van der Waals surface area contributed by atoms with Crippen LogP contribution < -0.4 is 14.8 Å². The summed E-state index contributed by atoms with van der Waals surface area (Å²) in [5, 5.41) is 3.02. The minimum atomic E-state index is -0.698. The number of carbonyl (C=O) groups excluding carboxylic acids is 2. The Balaban J connectivity index is 1.89. The van der Waals surface area contributed by atoms with Crippen LogP contribution in [0.1, 0.15) is 30.9 Å². The smallest absolute Gasteiger partial charge is 0.261 e. The standard InChI is InChI=1S/C29H33BrN2O4/c1-3-4-17-31-29(34)27(19-22-9-6-5-7-10-22)32(20-23-11-8-12-26(18-23)35-2)28(33)21-36-25-15-13-24(30)14-16-25/h5-16,18,27H,3-4,17,19-21H2,1-2H3,(H,31,34)/t27-/m1/s1. The van der Waals surface area contributed by atoms with E-state index in [0.29, 0.717) is 24.5 Å². The van der Waals surface area contributed by atoms with Crippen molar-refractivity contribution in [3.8, 4) is 11.5 Å². The first-order valence-corrected chi connectivity index (χ1v) is 12.9. The molecule has 1 atom stereocenters. The maximum absolute atomic E-state index is 13.6. The van der Waals surface area contributed by atoms with Crippen molar-refractivity contribution in [1.82, 2.24) is 10.2 Å². The highest BCUT2D eigenvalue weighted by Gasteiger charge is 2.30. The van der Waals surface area contributed by atoms with E-state index >= 15 is 0 Å². The third-order valence-corrected chi connectivity index (χ3v) is 6.29. The highest BCUT2D eigenvalue weighted by atomic mass is 79.9. The van der Waals surface area contributed by atoms with E-state index in [4.69, 9.17) is 9.47 Å². The van der Waals surface area contributed by atoms with Crippen molar-refractivity contribution in [2.45, 2.75) is 38.8 Å². The first-order valence-electron chi connectivity index (χ1n) is 12.1. The van der Waals surface area contributed by atoms with Crippen LogP contribution in [0.3, 0.4) is 0 Å². The fourth-order valence-corrected chi connectivity index (χ4v) is 4.05. The number of unbranched alkanes of at least 4 members (excludes halogenated alkanes) is 1. The maximum atomic E-state index is 13.6. The SMILES string of the molecule is CCCCNC(=O)[C@@H](Cc1ccccc1)N(Cc1cccc(OC)c1)C(=O)COc1ccc(Br)cc1. The molecule has 7 heteroatoms. The molecule has 0 saturated carbocycles. The molecule has 0 spiro atoms. The van der Waals surface area contributed by atoms with Crippen LogP contribution in [0.5, 0.6) is 11.5 Å². The molecule has 36 heavy (non-hydrogen) atoms. The number of rotatable bonds is 13. The number of hydrogen-bond donors (Lipinski definition) is 1. The monoisotopic (exact) mass is 552 g/mol. The molecule has 3 rings (SSSR count). The average molecular weight is 553 g/mol. The number of methoxy groups -OCH3 is 1. The van der Waals surface area contributed by atoms with E-state index in [1.807, 2.05) is 66.7 Å². The van der Waals surface area contributed by atoms with Crippen LogP contribution in [0.2, 0.25) is 0 Å². The Kier molecular flexibility index (Phi) is 10.8. The zero-order valence-corrected chi connectivity index (χ0v) is 22.4. The van der Waals surface area contributed by atoms with Gasteiger partial charge in [0.25, 0.3) is 5.91 Å². The number of halogens is 1. The molecular formula is C29H33BrN2O4. The molecule has 190 valence electrons. The molecule has 0 aliphatic heterocycles. The molecule has 0 aliphatic rings. The second kappa shape index (κ2) is 14.3. The minimum Gasteiger partial charge on any atom is -0.497 e. The Bertz CT molecular complexity index is 1110. The van der Waals surface area contributed by atoms with Gasteiger partial charge < -0.3 is 19.7 Å². The van der Waals surface area contributed by atoms with Gasteiger partial charge in [0.2, 0.25) is 5.91 Å². The van der Waals surface area contributed by atoms with Crippen molar-refractivity contribution in [1.29, 1.82) is 0 Å². The fraction of sp³-hybridized carbons (Fsp3) is 0.310. The first-order chi connectivity index (χ1) is 17.5. The van der Waals surface area contributed by atoms with Crippen LogP contribution in [0.25, 0.3) is 0 Å². The van der Waals surface area contributed by atoms with Crippen LogP contribution in [-0.4, -0.2) is 43.0 Å². The van der Waals surface area contributed by atoms with E-state index < -0.39 is 6.04 Å². The van der Waals surface area contributed by atoms with E-state index in [9.17, 15) is 9.59 Å². The number of nitrogens with zero attached hydrogens (tertiary/aromatic N) is 1. The number of carbonyl (C=O) groups is 2. The van der Waals surface area contributed by atoms with Gasteiger partial charge in [-0.05, 0) is 53.9 Å². The largest absolute Gasteiger partial charge is 0.497 e. The van der Waals surface area contributed by atoms with Gasteiger partial charge in [-0.15, -0.1) is 0 Å². The van der Waals surface area contributed by atoms with Crippen LogP contribution in [-0.2, 0) is 22.6 Å². The summed E-state index contributed by atoms with van der Waals surface area (Å²) in [6.45, 7) is 2.71. The van der Waals surface area contributed by atoms with Gasteiger partial charge in [-0.1, -0.05) is 71.7 Å². The van der Waals surface area contributed by atoms with Gasteiger partial charge in [0, 0.05) is 24.0 Å². The van der Waals surface area contributed by atoms with E-state index in [1.165, 1.54) is 0 Å². The second-order valence-electron chi connectivity index (χ2n) is 8.47. The molecule has 0 saturated heterocycles. The lowest BCUT2D eigenvalue weighted by Crippen LogP contribution is -2.51. The van der Waals surface area contributed by atoms with E-state index in [2.05, 4.69) is 28.2 Å². The zero-order valence-electron chi connectivity index (χ0n) is 20.8. The predicted molar refractivity (Wildman–Crippen MR) is 145 cm³/mol. The fourth-order valence-electron chi connectivity index (χ4n) is 3.79. The number of ether oxygens (including phenoxy) is 2. The Morgan fingerprint density at radius 2 is 1.67 bits per heavy atom. The minimum absolute atomic E-state index is 0.174. The maximum Gasteiger partial charge on any atom is 0.261 e. The van der Waals surface area contributed by atoms with E-state index in [0.717, 1.165) is 28.4 Å². The van der Waals surface area contributed by atoms with Crippen molar-refractivity contribution >= 4 is 27.7 Å². The van der Waals surface area contributed by atoms with Crippen molar-refractivity contribution in [2.75, 3.05) is 20.3 Å². The van der Waals surface area contributed by atoms with Gasteiger partial charge in [0.15, 0.2) is 6.61 Å². The lowest BCUT2D eigenvalue weighted by molar-refractivity contribution is -0.142. The molecule has 0 bridgehead atoms. The molecule has 3 aromatic carbocycles. The third kappa shape index (κ3) is 8.41. The molecule has 0 fully saturated rings. The van der Waals surface area contributed by atoms with E-state index in [-0.39, 0.29) is 25.0 Å². The van der Waals surface area contributed by atoms with Crippen LogP contribution in [0.4, 0.5) is 0 Å². The first kappa shape index (κ1) is 27.3. The zero-order chi connectivity index (χ0) is 25.8. The summed E-state index contributed by atoms with van der Waals surface area (Å²) < 4.78 is 12.1. The van der Waals surface area contributed by atoms with Crippen LogP contribution in [0, 0.1) is 0 Å². The van der Waals surface area contributed by atoms with E-state index in [1.54, 1.807) is 24.1 Å². The molecule has 0 heterocycles. The molecule has 6 nitrogen and oxygen atoms in total. The van der Waals surface area contributed by atoms with Crippen LogP contribution in [0.15, 0.2) is 83.3 Å². The lowest BCUT2D eigenvalue weighted by Gasteiger charge is -2.31. The quantitative estimate of drug-likeness (QED) is 0.288. The summed E-state index contributed by atoms with van der Waals surface area (Å²) >= 11 is 3.40. The van der Waals surface area contributed by atoms with Crippen molar-refractivity contribution in [3.63, 3.8) is 0 Å². The predicted octanol–water partition coefficient (Wildman–Crippen LogP) is 5.39. The van der Waals surface area contributed by atoms with Crippen molar-refractivity contribution in [2.24, 2.45) is 0 Å². The lowest BCUT2D eigenvalue weighted by atomic mass is 10.0. The van der Waals surface area contributed by atoms with Crippen molar-refractivity contribution < 1.29 is 19.1 Å². The van der Waals surface area contributed by atoms with Crippen LogP contribution >= 0.6 is 15.9 Å². The number of benzene rings is 3.